The van der Waals surface area contributed by atoms with E-state index in [-0.39, 0.29) is 11.6 Å². The summed E-state index contributed by atoms with van der Waals surface area (Å²) in [5.41, 5.74) is 0.225. The highest BCUT2D eigenvalue weighted by Crippen LogP contribution is 2.24. The molecule has 1 atom stereocenters. The summed E-state index contributed by atoms with van der Waals surface area (Å²) in [5, 5.41) is 0. The molecule has 0 spiro atoms. The largest absolute Gasteiger partial charge is 0.336 e. The van der Waals surface area contributed by atoms with Gasteiger partial charge in [0.1, 0.15) is 17.7 Å². The van der Waals surface area contributed by atoms with E-state index in [0.717, 1.165) is 0 Å². The van der Waals surface area contributed by atoms with Crippen molar-refractivity contribution in [3.8, 4) is 0 Å². The number of aryl methyl sites for hydroxylation is 1. The first-order valence-corrected chi connectivity index (χ1v) is 8.65. The number of hydrogen-bond donors (Lipinski definition) is 1. The minimum Gasteiger partial charge on any atom is -0.336 e. The molecule has 0 bridgehead atoms. The number of aromatic nitrogens is 2. The minimum atomic E-state index is -3.80. The van der Waals surface area contributed by atoms with Crippen molar-refractivity contribution in [2.24, 2.45) is 7.05 Å². The summed E-state index contributed by atoms with van der Waals surface area (Å²) < 4.78 is 44.7. The third kappa shape index (κ3) is 3.77. The monoisotopic (exact) mass is 340 g/mol. The summed E-state index contributed by atoms with van der Waals surface area (Å²) in [6.07, 6.45) is 3.23. The van der Waals surface area contributed by atoms with E-state index in [1.54, 1.807) is 56.1 Å². The van der Waals surface area contributed by atoms with Crippen LogP contribution in [-0.2, 0) is 17.3 Å². The summed E-state index contributed by atoms with van der Waals surface area (Å²) in [5.74, 6) is -0.0776. The van der Waals surface area contributed by atoms with E-state index in [2.05, 4.69) is 9.71 Å². The quantitative estimate of drug-likeness (QED) is 0.872. The lowest BCUT2D eigenvalue weighted by Gasteiger charge is -2.26. The van der Waals surface area contributed by atoms with Crippen LogP contribution < -0.4 is 4.72 Å². The van der Waals surface area contributed by atoms with E-state index in [9.17, 15) is 12.8 Å². The van der Waals surface area contributed by atoms with Gasteiger partial charge in [0, 0.05) is 38.1 Å². The molecule has 1 aromatic heterocycles. The molecule has 0 aliphatic heterocycles. The Morgan fingerprint density at radius 2 is 1.96 bits per heavy atom. The number of nitrogens with zero attached hydrogens (tertiary/aromatic N) is 3. The van der Waals surface area contributed by atoms with Crippen molar-refractivity contribution in [3.63, 3.8) is 0 Å². The highest BCUT2D eigenvalue weighted by Gasteiger charge is 2.29. The summed E-state index contributed by atoms with van der Waals surface area (Å²) in [7, 11) is -0.594. The van der Waals surface area contributed by atoms with Crippen molar-refractivity contribution < 1.29 is 12.8 Å². The van der Waals surface area contributed by atoms with Crippen LogP contribution in [0.1, 0.15) is 31.3 Å². The maximum absolute atomic E-state index is 14.2. The van der Waals surface area contributed by atoms with Gasteiger partial charge in [-0.25, -0.2) is 9.37 Å². The second kappa shape index (κ2) is 6.77. The van der Waals surface area contributed by atoms with Crippen LogP contribution in [0.25, 0.3) is 0 Å². The zero-order valence-corrected chi connectivity index (χ0v) is 14.4. The van der Waals surface area contributed by atoms with Gasteiger partial charge in [-0.1, -0.05) is 18.2 Å². The van der Waals surface area contributed by atoms with Crippen LogP contribution in [0.2, 0.25) is 0 Å². The molecule has 8 heteroatoms. The second-order valence-corrected chi connectivity index (χ2v) is 7.35. The fourth-order valence-electron chi connectivity index (χ4n) is 2.13. The van der Waals surface area contributed by atoms with E-state index >= 15 is 0 Å². The first kappa shape index (κ1) is 17.6. The van der Waals surface area contributed by atoms with Crippen molar-refractivity contribution in [2.45, 2.75) is 25.9 Å². The van der Waals surface area contributed by atoms with Gasteiger partial charge in [0.15, 0.2) is 0 Å². The Kier molecular flexibility index (Phi) is 5.18. The molecule has 23 heavy (non-hydrogen) atoms. The van der Waals surface area contributed by atoms with Crippen LogP contribution in [0, 0.1) is 5.82 Å². The Balaban J connectivity index is 2.48. The van der Waals surface area contributed by atoms with Gasteiger partial charge in [-0.05, 0) is 19.9 Å². The number of rotatable bonds is 6. The molecule has 0 radical (unpaired) electrons. The average molecular weight is 340 g/mol. The third-order valence-electron chi connectivity index (χ3n) is 3.71. The minimum absolute atomic E-state index is 0.225. The number of halogens is 1. The van der Waals surface area contributed by atoms with Gasteiger partial charge >= 0.3 is 0 Å². The smallest absolute Gasteiger partial charge is 0.280 e. The molecule has 0 aliphatic rings. The van der Waals surface area contributed by atoms with Crippen LogP contribution in [-0.4, -0.2) is 35.4 Å². The molecule has 0 aliphatic carbocycles. The van der Waals surface area contributed by atoms with Crippen molar-refractivity contribution in [3.05, 3.63) is 53.9 Å². The second-order valence-electron chi connectivity index (χ2n) is 5.58. The maximum Gasteiger partial charge on any atom is 0.280 e. The molecule has 2 rings (SSSR count). The van der Waals surface area contributed by atoms with Crippen molar-refractivity contribution in [1.29, 1.82) is 0 Å². The first-order chi connectivity index (χ1) is 10.7. The first-order valence-electron chi connectivity index (χ1n) is 7.21. The molecular formula is C15H21FN4O2S. The molecule has 0 saturated carbocycles. The fourth-order valence-corrected chi connectivity index (χ4v) is 3.38. The van der Waals surface area contributed by atoms with E-state index in [1.807, 2.05) is 0 Å². The third-order valence-corrected chi connectivity index (χ3v) is 5.42. The average Bonchev–Trinajstić information content (AvgIpc) is 2.90. The van der Waals surface area contributed by atoms with Crippen LogP contribution in [0.3, 0.4) is 0 Å². The lowest BCUT2D eigenvalue weighted by molar-refractivity contribution is 0.397. The number of nitrogens with one attached hydrogen (secondary N) is 1. The number of benzene rings is 1. The Morgan fingerprint density at radius 1 is 1.30 bits per heavy atom. The molecule has 126 valence electrons. The molecule has 1 N–H and O–H groups in total. The van der Waals surface area contributed by atoms with Crippen molar-refractivity contribution in [2.75, 3.05) is 7.05 Å². The van der Waals surface area contributed by atoms with Gasteiger partial charge in [0.25, 0.3) is 10.2 Å². The predicted octanol–water partition coefficient (Wildman–Crippen LogP) is 1.82. The topological polar surface area (TPSA) is 67.2 Å². The number of hydrogen-bond acceptors (Lipinski definition) is 3. The Bertz CT molecular complexity index is 773. The summed E-state index contributed by atoms with van der Waals surface area (Å²) >= 11 is 0. The number of imidazole rings is 1. The van der Waals surface area contributed by atoms with Gasteiger partial charge in [-0.2, -0.15) is 17.4 Å². The van der Waals surface area contributed by atoms with Crippen LogP contribution in [0.5, 0.6) is 0 Å². The lowest BCUT2D eigenvalue weighted by atomic mass is 10.1. The highest BCUT2D eigenvalue weighted by molar-refractivity contribution is 7.87. The molecule has 6 nitrogen and oxygen atoms in total. The molecular weight excluding hydrogens is 319 g/mol. The molecule has 0 saturated heterocycles. The molecule has 1 aromatic carbocycles. The lowest BCUT2D eigenvalue weighted by Crippen LogP contribution is -2.44. The van der Waals surface area contributed by atoms with Gasteiger partial charge in [-0.3, -0.25) is 0 Å². The normalized spacial score (nSPS) is 13.7. The molecule has 0 fully saturated rings. The van der Waals surface area contributed by atoms with Crippen LogP contribution in [0.4, 0.5) is 4.39 Å². The van der Waals surface area contributed by atoms with Crippen LogP contribution >= 0.6 is 0 Å². The maximum atomic E-state index is 14.2. The Hall–Kier alpha value is -1.77. The Labute approximate surface area is 136 Å². The van der Waals surface area contributed by atoms with E-state index in [1.165, 1.54) is 17.4 Å². The van der Waals surface area contributed by atoms with E-state index in [4.69, 9.17) is 0 Å². The summed E-state index contributed by atoms with van der Waals surface area (Å²) in [4.78, 5) is 4.17. The fraction of sp³-hybridized carbons (Fsp3) is 0.400. The molecule has 2 aromatic rings. The van der Waals surface area contributed by atoms with Crippen LogP contribution in [0.15, 0.2) is 36.7 Å². The van der Waals surface area contributed by atoms with Gasteiger partial charge in [0.2, 0.25) is 0 Å². The van der Waals surface area contributed by atoms with Crippen molar-refractivity contribution >= 4 is 10.2 Å². The summed E-state index contributed by atoms with van der Waals surface area (Å²) in [6, 6.07) is 4.92. The zero-order chi connectivity index (χ0) is 17.2. The molecule has 1 heterocycles. The van der Waals surface area contributed by atoms with Crippen molar-refractivity contribution in [1.82, 2.24) is 18.6 Å². The zero-order valence-electron chi connectivity index (χ0n) is 13.6. The van der Waals surface area contributed by atoms with E-state index < -0.39 is 22.1 Å². The molecule has 0 amide bonds. The van der Waals surface area contributed by atoms with Gasteiger partial charge < -0.3 is 4.57 Å². The highest BCUT2D eigenvalue weighted by atomic mass is 32.2. The standard InChI is InChI=1S/C15H21FN4O2S/c1-11(2)20(4)23(21,22)18-14(15-17-9-10-19(15)3)12-7-5-6-8-13(12)16/h5-11,14,18H,1-4H3/t14-/m1/s1. The molecule has 0 unspecified atom stereocenters. The predicted molar refractivity (Wildman–Crippen MR) is 86.4 cm³/mol. The van der Waals surface area contributed by atoms with E-state index in [0.29, 0.717) is 5.82 Å². The Morgan fingerprint density at radius 3 is 2.48 bits per heavy atom. The SMILES string of the molecule is CC(C)N(C)S(=O)(=O)N[C@H](c1ccccc1F)c1nccn1C. The van der Waals surface area contributed by atoms with Gasteiger partial charge in [-0.15, -0.1) is 0 Å². The summed E-state index contributed by atoms with van der Waals surface area (Å²) in [6.45, 7) is 3.52. The van der Waals surface area contributed by atoms with Gasteiger partial charge in [0.05, 0.1) is 0 Å².